The van der Waals surface area contributed by atoms with Crippen LogP contribution in [-0.2, 0) is 23.2 Å². The van der Waals surface area contributed by atoms with E-state index in [1.807, 2.05) is 30.3 Å². The molecule has 0 aliphatic heterocycles. The molecule has 0 amide bonds. The van der Waals surface area contributed by atoms with E-state index in [1.54, 1.807) is 42.3 Å². The van der Waals surface area contributed by atoms with E-state index in [0.29, 0.717) is 11.3 Å². The molecule has 6 nitrogen and oxygen atoms in total. The third-order valence-corrected chi connectivity index (χ3v) is 4.03. The first kappa shape index (κ1) is 18.4. The van der Waals surface area contributed by atoms with Crippen molar-refractivity contribution < 1.29 is 14.3 Å². The van der Waals surface area contributed by atoms with Gasteiger partial charge in [0.15, 0.2) is 11.9 Å². The predicted octanol–water partition coefficient (Wildman–Crippen LogP) is 3.01. The Balaban J connectivity index is 2.05. The fourth-order valence-corrected chi connectivity index (χ4v) is 2.78. The molecule has 0 saturated heterocycles. The first-order valence-electron chi connectivity index (χ1n) is 8.49. The lowest BCUT2D eigenvalue weighted by Crippen LogP contribution is -2.21. The molecule has 3 rings (SSSR count). The molecule has 6 heteroatoms. The van der Waals surface area contributed by atoms with Crippen LogP contribution in [0.5, 0.6) is 5.75 Å². The van der Waals surface area contributed by atoms with E-state index in [4.69, 9.17) is 9.47 Å². The molecular weight excluding hydrogens is 344 g/mol. The second-order valence-corrected chi connectivity index (χ2v) is 6.06. The molecule has 0 radical (unpaired) electrons. The van der Waals surface area contributed by atoms with Crippen molar-refractivity contribution in [2.75, 3.05) is 0 Å². The monoisotopic (exact) mass is 364 g/mol. The highest BCUT2D eigenvalue weighted by Gasteiger charge is 2.26. The number of aryl methyl sites for hydroxylation is 1. The van der Waals surface area contributed by atoms with Crippen molar-refractivity contribution in [2.24, 2.45) is 7.05 Å². The van der Waals surface area contributed by atoms with Crippen LogP contribution in [0.2, 0.25) is 0 Å². The van der Waals surface area contributed by atoms with Gasteiger partial charge in [0, 0.05) is 44.2 Å². The largest absolute Gasteiger partial charge is 0.483 e. The number of esters is 1. The zero-order valence-electron chi connectivity index (χ0n) is 15.2. The molecule has 1 aromatic carbocycles. The number of ether oxygens (including phenoxy) is 2. The molecule has 0 bridgehead atoms. The normalized spacial score (nSPS) is 11.6. The third-order valence-electron chi connectivity index (χ3n) is 4.03. The van der Waals surface area contributed by atoms with Crippen LogP contribution in [0.4, 0.5) is 0 Å². The Bertz CT molecular complexity index is 968. The minimum Gasteiger partial charge on any atom is -0.483 e. The number of rotatable bonds is 6. The lowest BCUT2D eigenvalue weighted by Gasteiger charge is -2.23. The maximum Gasteiger partial charge on any atom is 0.303 e. The van der Waals surface area contributed by atoms with Gasteiger partial charge in [-0.3, -0.25) is 14.6 Å². The van der Waals surface area contributed by atoms with Crippen LogP contribution in [0.25, 0.3) is 0 Å². The summed E-state index contributed by atoms with van der Waals surface area (Å²) in [4.78, 5) is 28.4. The van der Waals surface area contributed by atoms with Crippen LogP contribution in [0.15, 0.2) is 71.9 Å². The van der Waals surface area contributed by atoms with Gasteiger partial charge in [0.2, 0.25) is 5.43 Å². The number of nitrogens with zero attached hydrogens (tertiary/aromatic N) is 2. The zero-order chi connectivity index (χ0) is 19.2. The van der Waals surface area contributed by atoms with Crippen LogP contribution >= 0.6 is 0 Å². The molecule has 138 valence electrons. The van der Waals surface area contributed by atoms with E-state index in [2.05, 4.69) is 4.98 Å². The second-order valence-electron chi connectivity index (χ2n) is 6.06. The van der Waals surface area contributed by atoms with E-state index in [1.165, 1.54) is 13.0 Å². The molecule has 2 aromatic heterocycles. The first-order valence-corrected chi connectivity index (χ1v) is 8.49. The summed E-state index contributed by atoms with van der Waals surface area (Å²) in [6.07, 6.45) is 4.05. The summed E-state index contributed by atoms with van der Waals surface area (Å²) >= 11 is 0. The Morgan fingerprint density at radius 2 is 1.93 bits per heavy atom. The molecule has 1 atom stereocenters. The minimum atomic E-state index is -0.805. The Labute approximate surface area is 157 Å². The summed E-state index contributed by atoms with van der Waals surface area (Å²) in [5, 5.41) is 0. The summed E-state index contributed by atoms with van der Waals surface area (Å²) in [7, 11) is 1.77. The van der Waals surface area contributed by atoms with E-state index < -0.39 is 12.1 Å². The fourth-order valence-electron chi connectivity index (χ4n) is 2.78. The Morgan fingerprint density at radius 1 is 1.15 bits per heavy atom. The van der Waals surface area contributed by atoms with Gasteiger partial charge in [0.05, 0.1) is 0 Å². The first-order chi connectivity index (χ1) is 13.1. The second kappa shape index (κ2) is 8.31. The molecule has 0 fully saturated rings. The number of benzene rings is 1. The number of hydrogen-bond donors (Lipinski definition) is 0. The summed E-state index contributed by atoms with van der Waals surface area (Å²) in [5.41, 5.74) is 1.76. The number of hydrogen-bond acceptors (Lipinski definition) is 5. The van der Waals surface area contributed by atoms with E-state index in [9.17, 15) is 9.59 Å². The van der Waals surface area contributed by atoms with Gasteiger partial charge in [0.25, 0.3) is 0 Å². The molecule has 0 aliphatic carbocycles. The Kier molecular flexibility index (Phi) is 5.66. The quantitative estimate of drug-likeness (QED) is 0.629. The van der Waals surface area contributed by atoms with Gasteiger partial charge in [-0.2, -0.15) is 0 Å². The van der Waals surface area contributed by atoms with Crippen molar-refractivity contribution in [3.8, 4) is 5.75 Å². The standard InChI is InChI=1S/C21H20N2O4/c1-15(24)27-20(17-9-6-11-22-13-17)19-21(18(25)10-12-23(19)2)26-14-16-7-4-3-5-8-16/h3-13,20H,14H2,1-2H3. The maximum atomic E-state index is 12.5. The third kappa shape index (κ3) is 4.41. The van der Waals surface area contributed by atoms with Gasteiger partial charge >= 0.3 is 5.97 Å². The molecule has 0 spiro atoms. The maximum absolute atomic E-state index is 12.5. The average molecular weight is 364 g/mol. The van der Waals surface area contributed by atoms with Crippen molar-refractivity contribution in [1.82, 2.24) is 9.55 Å². The SMILES string of the molecule is CC(=O)OC(c1cccnc1)c1c(OCc2ccccc2)c(=O)ccn1C. The van der Waals surface area contributed by atoms with Gasteiger partial charge in [-0.15, -0.1) is 0 Å². The summed E-state index contributed by atoms with van der Waals surface area (Å²) in [6, 6.07) is 14.5. The highest BCUT2D eigenvalue weighted by atomic mass is 16.5. The highest BCUT2D eigenvalue weighted by molar-refractivity contribution is 5.67. The molecule has 2 heterocycles. The summed E-state index contributed by atoms with van der Waals surface area (Å²) in [5.74, 6) is -0.312. The fraction of sp³-hybridized carbons (Fsp3) is 0.190. The zero-order valence-corrected chi connectivity index (χ0v) is 15.2. The summed E-state index contributed by atoms with van der Waals surface area (Å²) < 4.78 is 13.1. The van der Waals surface area contributed by atoms with Crippen molar-refractivity contribution >= 4 is 5.97 Å². The smallest absolute Gasteiger partial charge is 0.303 e. The topological polar surface area (TPSA) is 70.4 Å². The van der Waals surface area contributed by atoms with E-state index in [0.717, 1.165) is 5.56 Å². The lowest BCUT2D eigenvalue weighted by atomic mass is 10.1. The molecule has 0 aliphatic rings. The van der Waals surface area contributed by atoms with Gasteiger partial charge < -0.3 is 14.0 Å². The van der Waals surface area contributed by atoms with Crippen LogP contribution in [0.3, 0.4) is 0 Å². The van der Waals surface area contributed by atoms with E-state index >= 15 is 0 Å². The van der Waals surface area contributed by atoms with Crippen molar-refractivity contribution in [3.05, 3.63) is 94.2 Å². The molecule has 27 heavy (non-hydrogen) atoms. The number of carbonyl (C=O) groups is 1. The molecule has 0 saturated carbocycles. The van der Waals surface area contributed by atoms with Gasteiger partial charge in [-0.1, -0.05) is 36.4 Å². The van der Waals surface area contributed by atoms with Crippen molar-refractivity contribution in [3.63, 3.8) is 0 Å². The number of pyridine rings is 2. The number of aromatic nitrogens is 2. The van der Waals surface area contributed by atoms with Gasteiger partial charge in [-0.25, -0.2) is 0 Å². The van der Waals surface area contributed by atoms with Crippen molar-refractivity contribution in [2.45, 2.75) is 19.6 Å². The Hall–Kier alpha value is -3.41. The van der Waals surface area contributed by atoms with Crippen molar-refractivity contribution in [1.29, 1.82) is 0 Å². The molecule has 1 unspecified atom stereocenters. The molecule has 3 aromatic rings. The summed E-state index contributed by atoms with van der Waals surface area (Å²) in [6.45, 7) is 1.56. The molecular formula is C21H20N2O4. The Morgan fingerprint density at radius 3 is 2.59 bits per heavy atom. The lowest BCUT2D eigenvalue weighted by molar-refractivity contribution is -0.145. The van der Waals surface area contributed by atoms with Crippen LogP contribution in [-0.4, -0.2) is 15.5 Å². The number of carbonyl (C=O) groups excluding carboxylic acids is 1. The van der Waals surface area contributed by atoms with E-state index in [-0.39, 0.29) is 17.8 Å². The van der Waals surface area contributed by atoms with Gasteiger partial charge in [0.1, 0.15) is 12.3 Å². The highest BCUT2D eigenvalue weighted by Crippen LogP contribution is 2.30. The average Bonchev–Trinajstić information content (AvgIpc) is 2.68. The van der Waals surface area contributed by atoms with Crippen LogP contribution in [0.1, 0.15) is 29.8 Å². The molecule has 0 N–H and O–H groups in total. The van der Waals surface area contributed by atoms with Crippen LogP contribution < -0.4 is 10.2 Å². The minimum absolute atomic E-state index is 0.152. The van der Waals surface area contributed by atoms with Gasteiger partial charge in [-0.05, 0) is 11.6 Å². The predicted molar refractivity (Wildman–Crippen MR) is 100 cm³/mol. The van der Waals surface area contributed by atoms with Crippen LogP contribution in [0, 0.1) is 0 Å².